The Labute approximate surface area is 63.3 Å². The molecule has 1 aliphatic rings. The molecule has 10 heavy (non-hydrogen) atoms. The summed E-state index contributed by atoms with van der Waals surface area (Å²) in [4.78, 5) is 0. The summed E-state index contributed by atoms with van der Waals surface area (Å²) in [5.41, 5.74) is 3.61. The minimum atomic E-state index is 0.917. The predicted molar refractivity (Wildman–Crippen MR) is 46.8 cm³/mol. The van der Waals surface area contributed by atoms with Gasteiger partial charge >= 0.3 is 0 Å². The zero-order valence-corrected chi connectivity index (χ0v) is 7.25. The topological polar surface area (TPSA) is 24.1 Å². The number of nitrogens with one attached hydrogen (secondary N) is 2. The van der Waals surface area contributed by atoms with Gasteiger partial charge in [-0.25, -0.2) is 0 Å². The van der Waals surface area contributed by atoms with Crippen LogP contribution in [0.5, 0.6) is 0 Å². The Balaban J connectivity index is 2.41. The van der Waals surface area contributed by atoms with Crippen molar-refractivity contribution >= 4 is 22.1 Å². The molecule has 2 nitrogen and oxygen atoms in total. The van der Waals surface area contributed by atoms with Crippen LogP contribution < -0.4 is 10.6 Å². The minimum Gasteiger partial charge on any atom is -0.372 e. The smallest absolute Gasteiger partial charge is 0.0656 e. The number of hydrogen-bond donors (Lipinski definition) is 2. The second kappa shape index (κ2) is 2.84. The third kappa shape index (κ3) is 1.15. The van der Waals surface area contributed by atoms with Crippen LogP contribution in [0.3, 0.4) is 0 Å². The summed E-state index contributed by atoms with van der Waals surface area (Å²) in [5.74, 6) is 2.23. The predicted octanol–water partition coefficient (Wildman–Crippen LogP) is 2.32. The molecule has 0 atom stereocenters. The SMILES string of the molecule is c1pcc2c(p1)CNCN2. The van der Waals surface area contributed by atoms with Crippen molar-refractivity contribution < 1.29 is 0 Å². The van der Waals surface area contributed by atoms with Gasteiger partial charge in [0, 0.05) is 17.5 Å². The highest BCUT2D eigenvalue weighted by Crippen LogP contribution is 2.29. The van der Waals surface area contributed by atoms with Crippen molar-refractivity contribution in [3.63, 3.8) is 0 Å². The number of rotatable bonds is 0. The Kier molecular flexibility index (Phi) is 1.86. The van der Waals surface area contributed by atoms with Crippen LogP contribution >= 0.6 is 16.4 Å². The van der Waals surface area contributed by atoms with E-state index in [-0.39, 0.29) is 0 Å². The average Bonchev–Trinajstić information content (AvgIpc) is 2.05. The molecule has 0 saturated carbocycles. The van der Waals surface area contributed by atoms with Crippen molar-refractivity contribution in [2.45, 2.75) is 6.54 Å². The average molecular weight is 170 g/mol. The van der Waals surface area contributed by atoms with Crippen LogP contribution in [0.1, 0.15) is 5.30 Å². The molecule has 0 aliphatic carbocycles. The van der Waals surface area contributed by atoms with Crippen LogP contribution in [0.25, 0.3) is 0 Å². The number of hydrogen-bond acceptors (Lipinski definition) is 2. The van der Waals surface area contributed by atoms with Crippen molar-refractivity contribution in [1.82, 2.24) is 5.32 Å². The lowest BCUT2D eigenvalue weighted by molar-refractivity contribution is 0.720. The quantitative estimate of drug-likeness (QED) is 0.624. The standard InChI is InChI=1S/C6H8N2P2/c1-6-5(8-3-7-1)2-9-4-10-6/h2,4,7-8H,1,3H2. The lowest BCUT2D eigenvalue weighted by atomic mass is 10.4. The molecule has 0 fully saturated rings. The van der Waals surface area contributed by atoms with Gasteiger partial charge < -0.3 is 5.32 Å². The van der Waals surface area contributed by atoms with Gasteiger partial charge in [0.2, 0.25) is 0 Å². The van der Waals surface area contributed by atoms with Gasteiger partial charge in [-0.2, -0.15) is 0 Å². The molecular formula is C6H8N2P2. The van der Waals surface area contributed by atoms with E-state index in [9.17, 15) is 0 Å². The Morgan fingerprint density at radius 1 is 1.50 bits per heavy atom. The summed E-state index contributed by atoms with van der Waals surface area (Å²) >= 11 is 0. The molecule has 1 aromatic rings. The van der Waals surface area contributed by atoms with Gasteiger partial charge in [-0.1, -0.05) is 16.4 Å². The molecule has 0 aromatic carbocycles. The summed E-state index contributed by atoms with van der Waals surface area (Å²) in [6.07, 6.45) is 0. The highest BCUT2D eigenvalue weighted by atomic mass is 31.1. The van der Waals surface area contributed by atoms with Gasteiger partial charge in [0.25, 0.3) is 0 Å². The minimum absolute atomic E-state index is 0.917. The number of fused-ring (bicyclic) bond motifs is 1. The molecule has 2 heterocycles. The first-order chi connectivity index (χ1) is 4.97. The summed E-state index contributed by atoms with van der Waals surface area (Å²) in [5, 5.41) is 8.04. The largest absolute Gasteiger partial charge is 0.372 e. The maximum atomic E-state index is 3.30. The lowest BCUT2D eigenvalue weighted by Crippen LogP contribution is -2.26. The first-order valence-electron chi connectivity index (χ1n) is 3.20. The van der Waals surface area contributed by atoms with Crippen LogP contribution in [-0.2, 0) is 6.54 Å². The summed E-state index contributed by atoms with van der Waals surface area (Å²) in [7, 11) is 2.71. The first kappa shape index (κ1) is 6.54. The molecule has 0 bridgehead atoms. The van der Waals surface area contributed by atoms with Gasteiger partial charge in [0.15, 0.2) is 0 Å². The third-order valence-corrected chi connectivity index (χ3v) is 3.60. The molecule has 52 valence electrons. The van der Waals surface area contributed by atoms with E-state index in [1.165, 1.54) is 27.4 Å². The molecule has 2 N–H and O–H groups in total. The second-order valence-electron chi connectivity index (χ2n) is 2.16. The van der Waals surface area contributed by atoms with Crippen LogP contribution in [0.2, 0.25) is 0 Å². The normalized spacial score (nSPS) is 17.2. The maximum absolute atomic E-state index is 3.30. The molecule has 0 unspecified atom stereocenters. The molecule has 1 aromatic heterocycles. The van der Waals surface area contributed by atoms with E-state index in [1.807, 2.05) is 0 Å². The van der Waals surface area contributed by atoms with Crippen LogP contribution in [0.15, 0.2) is 11.3 Å². The van der Waals surface area contributed by atoms with E-state index >= 15 is 0 Å². The van der Waals surface area contributed by atoms with Gasteiger partial charge in [-0.05, 0) is 11.3 Å². The van der Waals surface area contributed by atoms with E-state index in [2.05, 4.69) is 22.0 Å². The van der Waals surface area contributed by atoms with Crippen LogP contribution in [-0.4, -0.2) is 6.67 Å². The lowest BCUT2D eigenvalue weighted by Gasteiger charge is -2.17. The molecule has 1 aliphatic heterocycles. The zero-order chi connectivity index (χ0) is 6.81. The third-order valence-electron chi connectivity index (χ3n) is 1.49. The Morgan fingerprint density at radius 2 is 2.50 bits per heavy atom. The van der Waals surface area contributed by atoms with E-state index in [0.717, 1.165) is 13.2 Å². The molecular weight excluding hydrogens is 162 g/mol. The Morgan fingerprint density at radius 3 is 3.40 bits per heavy atom. The van der Waals surface area contributed by atoms with Crippen LogP contribution in [0, 0.1) is 0 Å². The van der Waals surface area contributed by atoms with E-state index in [4.69, 9.17) is 0 Å². The van der Waals surface area contributed by atoms with Gasteiger partial charge in [-0.15, -0.1) is 0 Å². The summed E-state index contributed by atoms with van der Waals surface area (Å²) < 4.78 is 0. The molecule has 2 rings (SSSR count). The zero-order valence-electron chi connectivity index (χ0n) is 5.46. The molecule has 0 amide bonds. The fraction of sp³-hybridized carbons (Fsp3) is 0.333. The van der Waals surface area contributed by atoms with Crippen molar-refractivity contribution in [2.24, 2.45) is 0 Å². The Bertz CT molecular complexity index is 214. The second-order valence-corrected chi connectivity index (χ2v) is 4.44. The highest BCUT2D eigenvalue weighted by molar-refractivity contribution is 7.44. The van der Waals surface area contributed by atoms with Gasteiger partial charge in [-0.3, -0.25) is 5.32 Å². The Hall–Kier alpha value is -0.160. The number of anilines is 1. The summed E-state index contributed by atoms with van der Waals surface area (Å²) in [6.45, 7) is 1.97. The fourth-order valence-corrected chi connectivity index (χ4v) is 3.06. The molecule has 0 saturated heterocycles. The van der Waals surface area contributed by atoms with Crippen molar-refractivity contribution in [2.75, 3.05) is 12.0 Å². The van der Waals surface area contributed by atoms with E-state index < -0.39 is 0 Å². The first-order valence-corrected chi connectivity index (χ1v) is 5.20. The van der Waals surface area contributed by atoms with Crippen LogP contribution in [0.4, 0.5) is 5.69 Å². The molecule has 0 spiro atoms. The van der Waals surface area contributed by atoms with Gasteiger partial charge in [0.05, 0.1) is 6.67 Å². The van der Waals surface area contributed by atoms with Gasteiger partial charge in [0.1, 0.15) is 0 Å². The molecule has 4 heteroatoms. The van der Waals surface area contributed by atoms with E-state index in [0.29, 0.717) is 0 Å². The van der Waals surface area contributed by atoms with E-state index in [1.54, 1.807) is 0 Å². The molecule has 0 radical (unpaired) electrons. The van der Waals surface area contributed by atoms with Crippen molar-refractivity contribution in [3.05, 3.63) is 16.6 Å². The van der Waals surface area contributed by atoms with Crippen molar-refractivity contribution in [3.8, 4) is 0 Å². The monoisotopic (exact) mass is 170 g/mol. The summed E-state index contributed by atoms with van der Waals surface area (Å²) in [6, 6.07) is 0. The highest BCUT2D eigenvalue weighted by Gasteiger charge is 2.04. The van der Waals surface area contributed by atoms with Crippen molar-refractivity contribution in [1.29, 1.82) is 0 Å². The fourth-order valence-electron chi connectivity index (χ4n) is 0.982. The maximum Gasteiger partial charge on any atom is 0.0656 e.